The van der Waals surface area contributed by atoms with E-state index in [0.29, 0.717) is 42.2 Å². The van der Waals surface area contributed by atoms with Gasteiger partial charge in [-0.3, -0.25) is 4.79 Å². The summed E-state index contributed by atoms with van der Waals surface area (Å²) in [5.41, 5.74) is 1.47. The van der Waals surface area contributed by atoms with Crippen LogP contribution in [0.1, 0.15) is 52.5 Å². The van der Waals surface area contributed by atoms with Gasteiger partial charge in [-0.05, 0) is 80.6 Å². The van der Waals surface area contributed by atoms with Crippen LogP contribution in [0.5, 0.6) is 0 Å². The number of hydrogen-bond donors (Lipinski definition) is 1. The number of piperidine rings is 1. The molecule has 0 aliphatic carbocycles. The highest BCUT2D eigenvalue weighted by Gasteiger charge is 2.31. The molecule has 234 valence electrons. The number of nitrogens with one attached hydrogen (secondary N) is 1. The molecule has 0 spiro atoms. The van der Waals surface area contributed by atoms with Gasteiger partial charge in [0, 0.05) is 34.9 Å². The zero-order chi connectivity index (χ0) is 32.1. The van der Waals surface area contributed by atoms with Crippen LogP contribution in [0, 0.1) is 18.8 Å². The molecule has 2 aromatic heterocycles. The minimum absolute atomic E-state index is 0.0343. The van der Waals surface area contributed by atoms with E-state index in [1.54, 1.807) is 42.8 Å². The number of carbonyl (C=O) groups excluding carboxylic acids is 2. The highest BCUT2D eigenvalue weighted by atomic mass is 35.5. The summed E-state index contributed by atoms with van der Waals surface area (Å²) < 4.78 is 51.9. The maximum Gasteiger partial charge on any atom is 0.416 e. The number of rotatable bonds is 7. The number of benzene rings is 2. The zero-order valence-electron chi connectivity index (χ0n) is 24.4. The van der Waals surface area contributed by atoms with Crippen molar-refractivity contribution in [2.75, 3.05) is 36.5 Å². The lowest BCUT2D eigenvalue weighted by Crippen LogP contribution is -2.38. The standard InChI is InChI=1S/C32H29ClF3N5O4/c1-3-44-30(42)19-45-26-11-13-40(14-12-26)29-10-9-28-37-18-25(41(28)39-29)8-7-21-5-4-6-27(20(21)2)31(43)38-24-16-22(32(34,35)36)15-23(33)17-24/h4-6,9-10,15-18,26H,3,11-14,19H2,1-2H3,(H,38,43). The molecule has 5 rings (SSSR count). The molecule has 1 N–H and O–H groups in total. The van der Waals surface area contributed by atoms with Crippen molar-refractivity contribution in [2.24, 2.45) is 0 Å². The first kappa shape index (κ1) is 31.8. The Labute approximate surface area is 262 Å². The van der Waals surface area contributed by atoms with E-state index >= 15 is 0 Å². The predicted molar refractivity (Wildman–Crippen MR) is 162 cm³/mol. The third-order valence-electron chi connectivity index (χ3n) is 7.24. The summed E-state index contributed by atoms with van der Waals surface area (Å²) >= 11 is 5.86. The topological polar surface area (TPSA) is 98.1 Å². The molecule has 9 nitrogen and oxygen atoms in total. The first-order valence-corrected chi connectivity index (χ1v) is 14.6. The van der Waals surface area contributed by atoms with Crippen LogP contribution < -0.4 is 10.2 Å². The Kier molecular flexibility index (Phi) is 9.60. The summed E-state index contributed by atoms with van der Waals surface area (Å²) in [6.07, 6.45) is -1.56. The Morgan fingerprint density at radius 2 is 1.89 bits per heavy atom. The molecule has 13 heteroatoms. The summed E-state index contributed by atoms with van der Waals surface area (Å²) in [4.78, 5) is 31.1. The Morgan fingerprint density at radius 3 is 2.62 bits per heavy atom. The maximum absolute atomic E-state index is 13.2. The minimum atomic E-state index is -4.61. The molecule has 0 saturated carbocycles. The van der Waals surface area contributed by atoms with Gasteiger partial charge in [0.25, 0.3) is 5.91 Å². The molecule has 4 aromatic rings. The lowest BCUT2D eigenvalue weighted by molar-refractivity contribution is -0.151. The van der Waals surface area contributed by atoms with Gasteiger partial charge in [-0.15, -0.1) is 5.10 Å². The van der Waals surface area contributed by atoms with Gasteiger partial charge in [-0.25, -0.2) is 14.3 Å². The van der Waals surface area contributed by atoms with Crippen LogP contribution in [-0.2, 0) is 20.4 Å². The average molecular weight is 640 g/mol. The molecule has 3 heterocycles. The van der Waals surface area contributed by atoms with Crippen molar-refractivity contribution in [1.29, 1.82) is 0 Å². The van der Waals surface area contributed by atoms with E-state index in [2.05, 4.69) is 27.0 Å². The number of hydrogen-bond acceptors (Lipinski definition) is 7. The van der Waals surface area contributed by atoms with E-state index in [1.165, 1.54) is 6.07 Å². The second kappa shape index (κ2) is 13.6. The van der Waals surface area contributed by atoms with Gasteiger partial charge >= 0.3 is 12.1 Å². The van der Waals surface area contributed by atoms with E-state index in [1.807, 2.05) is 12.1 Å². The first-order valence-electron chi connectivity index (χ1n) is 14.2. The molecule has 1 saturated heterocycles. The van der Waals surface area contributed by atoms with Crippen LogP contribution >= 0.6 is 11.6 Å². The summed E-state index contributed by atoms with van der Waals surface area (Å²) in [5.74, 6) is 5.94. The number of ether oxygens (including phenoxy) is 2. The largest absolute Gasteiger partial charge is 0.464 e. The maximum atomic E-state index is 13.2. The number of halogens is 4. The molecule has 0 bridgehead atoms. The lowest BCUT2D eigenvalue weighted by atomic mass is 10.0. The number of imidazole rings is 1. The van der Waals surface area contributed by atoms with Crippen LogP contribution in [0.2, 0.25) is 5.02 Å². The van der Waals surface area contributed by atoms with Crippen LogP contribution in [0.3, 0.4) is 0 Å². The van der Waals surface area contributed by atoms with Crippen LogP contribution in [0.25, 0.3) is 5.65 Å². The third kappa shape index (κ3) is 7.74. The van der Waals surface area contributed by atoms with Crippen molar-refractivity contribution < 1.29 is 32.2 Å². The Balaban J connectivity index is 1.30. The highest BCUT2D eigenvalue weighted by Crippen LogP contribution is 2.33. The number of fused-ring (bicyclic) bond motifs is 1. The molecular weight excluding hydrogens is 611 g/mol. The van der Waals surface area contributed by atoms with Crippen molar-refractivity contribution >= 4 is 40.6 Å². The second-order valence-electron chi connectivity index (χ2n) is 10.3. The van der Waals surface area contributed by atoms with E-state index < -0.39 is 17.6 Å². The van der Waals surface area contributed by atoms with Gasteiger partial charge < -0.3 is 19.7 Å². The number of anilines is 2. The average Bonchev–Trinajstić information content (AvgIpc) is 3.41. The van der Waals surface area contributed by atoms with Crippen molar-refractivity contribution in [3.63, 3.8) is 0 Å². The minimum Gasteiger partial charge on any atom is -0.464 e. The van der Waals surface area contributed by atoms with E-state index in [0.717, 1.165) is 30.8 Å². The van der Waals surface area contributed by atoms with Gasteiger partial charge in [-0.2, -0.15) is 13.2 Å². The monoisotopic (exact) mass is 639 g/mol. The highest BCUT2D eigenvalue weighted by molar-refractivity contribution is 6.31. The van der Waals surface area contributed by atoms with Gasteiger partial charge in [0.1, 0.15) is 18.1 Å². The Hall–Kier alpha value is -4.60. The van der Waals surface area contributed by atoms with Crippen LogP contribution in [-0.4, -0.2) is 58.9 Å². The smallest absolute Gasteiger partial charge is 0.416 e. The lowest BCUT2D eigenvalue weighted by Gasteiger charge is -2.32. The molecule has 0 unspecified atom stereocenters. The second-order valence-corrected chi connectivity index (χ2v) is 10.8. The van der Waals surface area contributed by atoms with Crippen molar-refractivity contribution in [3.05, 3.63) is 87.7 Å². The fraction of sp³-hybridized carbons (Fsp3) is 0.312. The van der Waals surface area contributed by atoms with Crippen LogP contribution in [0.15, 0.2) is 54.7 Å². The van der Waals surface area contributed by atoms with Gasteiger partial charge in [0.2, 0.25) is 0 Å². The molecule has 1 fully saturated rings. The fourth-order valence-corrected chi connectivity index (χ4v) is 5.17. The number of carbonyl (C=O) groups is 2. The molecular formula is C32H29ClF3N5O4. The molecule has 1 aliphatic heterocycles. The SMILES string of the molecule is CCOC(=O)COC1CCN(c2ccc3ncc(C#Cc4cccc(C(=O)Nc5cc(Cl)cc(C(F)(F)F)c5)c4C)n3n2)CC1. The van der Waals surface area contributed by atoms with E-state index in [-0.39, 0.29) is 35.0 Å². The van der Waals surface area contributed by atoms with Crippen molar-refractivity contribution in [1.82, 2.24) is 14.6 Å². The van der Waals surface area contributed by atoms with E-state index in [9.17, 15) is 22.8 Å². The Bertz CT molecular complexity index is 1790. The number of aromatic nitrogens is 3. The summed E-state index contributed by atoms with van der Waals surface area (Å²) in [6, 6.07) is 11.6. The molecule has 2 aromatic carbocycles. The summed E-state index contributed by atoms with van der Waals surface area (Å²) in [6.45, 7) is 5.12. The zero-order valence-corrected chi connectivity index (χ0v) is 25.2. The molecule has 45 heavy (non-hydrogen) atoms. The van der Waals surface area contributed by atoms with E-state index in [4.69, 9.17) is 26.2 Å². The number of esters is 1. The fourth-order valence-electron chi connectivity index (χ4n) is 4.93. The number of amides is 1. The molecule has 0 radical (unpaired) electrons. The summed E-state index contributed by atoms with van der Waals surface area (Å²) in [5, 5.41) is 7.10. The Morgan fingerprint density at radius 1 is 1.11 bits per heavy atom. The number of alkyl halides is 3. The van der Waals surface area contributed by atoms with Crippen molar-refractivity contribution in [2.45, 2.75) is 39.0 Å². The normalized spacial score (nSPS) is 13.8. The van der Waals surface area contributed by atoms with Gasteiger partial charge in [0.15, 0.2) is 5.65 Å². The predicted octanol–water partition coefficient (Wildman–Crippen LogP) is 5.91. The van der Waals surface area contributed by atoms with Gasteiger partial charge in [-0.1, -0.05) is 23.6 Å². The van der Waals surface area contributed by atoms with Crippen LogP contribution in [0.4, 0.5) is 24.7 Å². The summed E-state index contributed by atoms with van der Waals surface area (Å²) in [7, 11) is 0. The van der Waals surface area contributed by atoms with Gasteiger partial charge in [0.05, 0.1) is 24.5 Å². The van der Waals surface area contributed by atoms with Crippen molar-refractivity contribution in [3.8, 4) is 11.8 Å². The quantitative estimate of drug-likeness (QED) is 0.198. The molecule has 0 atom stereocenters. The molecule has 1 aliphatic rings. The molecule has 1 amide bonds. The third-order valence-corrected chi connectivity index (χ3v) is 7.46. The first-order chi connectivity index (χ1) is 21.5. The number of nitrogens with zero attached hydrogens (tertiary/aromatic N) is 4.